The fourth-order valence-electron chi connectivity index (χ4n) is 2.06. The van der Waals surface area contributed by atoms with E-state index in [2.05, 4.69) is 35.8 Å². The van der Waals surface area contributed by atoms with E-state index in [9.17, 15) is 0 Å². The van der Waals surface area contributed by atoms with Crippen molar-refractivity contribution in [2.24, 2.45) is 0 Å². The summed E-state index contributed by atoms with van der Waals surface area (Å²) in [6.07, 6.45) is 2.96. The third-order valence-corrected chi connectivity index (χ3v) is 2.83. The third kappa shape index (κ3) is 2.09. The van der Waals surface area contributed by atoms with Gasteiger partial charge in [-0.15, -0.1) is 0 Å². The molecule has 3 nitrogen and oxygen atoms in total. The number of methoxy groups -OCH3 is 1. The molecule has 0 amide bonds. The van der Waals surface area contributed by atoms with Gasteiger partial charge in [0.1, 0.15) is 0 Å². The SMILES string of the molecule is COCCCn1ncc2c(C)cc(C)cc21. The Morgan fingerprint density at radius 1 is 1.31 bits per heavy atom. The summed E-state index contributed by atoms with van der Waals surface area (Å²) in [6.45, 7) is 5.96. The summed E-state index contributed by atoms with van der Waals surface area (Å²) in [7, 11) is 1.73. The summed E-state index contributed by atoms with van der Waals surface area (Å²) in [5.74, 6) is 0. The molecule has 1 aromatic heterocycles. The number of rotatable bonds is 4. The number of aromatic nitrogens is 2. The minimum Gasteiger partial charge on any atom is -0.385 e. The molecule has 3 heteroatoms. The van der Waals surface area contributed by atoms with E-state index in [1.165, 1.54) is 22.0 Å². The maximum absolute atomic E-state index is 5.06. The first-order valence-electron chi connectivity index (χ1n) is 5.64. The smallest absolute Gasteiger partial charge is 0.0687 e. The van der Waals surface area contributed by atoms with Crippen LogP contribution in [0.5, 0.6) is 0 Å². The van der Waals surface area contributed by atoms with E-state index in [0.717, 1.165) is 19.6 Å². The van der Waals surface area contributed by atoms with E-state index in [4.69, 9.17) is 4.74 Å². The summed E-state index contributed by atoms with van der Waals surface area (Å²) >= 11 is 0. The quantitative estimate of drug-likeness (QED) is 0.738. The lowest BCUT2D eigenvalue weighted by atomic mass is 10.1. The molecule has 1 heterocycles. The zero-order valence-electron chi connectivity index (χ0n) is 10.2. The van der Waals surface area contributed by atoms with Crippen LogP contribution in [0.15, 0.2) is 18.3 Å². The van der Waals surface area contributed by atoms with E-state index >= 15 is 0 Å². The molecule has 0 aliphatic heterocycles. The van der Waals surface area contributed by atoms with Crippen LogP contribution in [0.4, 0.5) is 0 Å². The van der Waals surface area contributed by atoms with Crippen molar-refractivity contribution in [2.75, 3.05) is 13.7 Å². The lowest BCUT2D eigenvalue weighted by Gasteiger charge is -2.05. The van der Waals surface area contributed by atoms with E-state index in [1.807, 2.05) is 6.20 Å². The minimum absolute atomic E-state index is 0.784. The maximum Gasteiger partial charge on any atom is 0.0687 e. The maximum atomic E-state index is 5.06. The van der Waals surface area contributed by atoms with Gasteiger partial charge in [-0.2, -0.15) is 5.10 Å². The highest BCUT2D eigenvalue weighted by Crippen LogP contribution is 2.20. The van der Waals surface area contributed by atoms with E-state index < -0.39 is 0 Å². The standard InChI is InChI=1S/C13H18N2O/c1-10-7-11(2)12-9-14-15(13(12)8-10)5-4-6-16-3/h7-9H,4-6H2,1-3H3. The second-order valence-corrected chi connectivity index (χ2v) is 4.23. The van der Waals surface area contributed by atoms with Crippen LogP contribution in [0, 0.1) is 13.8 Å². The summed E-state index contributed by atoms with van der Waals surface area (Å²) in [5, 5.41) is 5.68. The van der Waals surface area contributed by atoms with Gasteiger partial charge in [-0.3, -0.25) is 4.68 Å². The Bertz CT molecular complexity index is 488. The van der Waals surface area contributed by atoms with Crippen LogP contribution in [0.3, 0.4) is 0 Å². The Kier molecular flexibility index (Phi) is 3.25. The normalized spacial score (nSPS) is 11.2. The molecule has 0 saturated carbocycles. The zero-order valence-corrected chi connectivity index (χ0v) is 10.2. The molecule has 0 atom stereocenters. The van der Waals surface area contributed by atoms with Crippen molar-refractivity contribution >= 4 is 10.9 Å². The molecule has 0 spiro atoms. The summed E-state index contributed by atoms with van der Waals surface area (Å²) in [6, 6.07) is 4.39. The van der Waals surface area contributed by atoms with E-state index in [-0.39, 0.29) is 0 Å². The number of hydrogen-bond acceptors (Lipinski definition) is 2. The third-order valence-electron chi connectivity index (χ3n) is 2.83. The van der Waals surface area contributed by atoms with Gasteiger partial charge in [-0.1, -0.05) is 6.07 Å². The molecule has 0 saturated heterocycles. The van der Waals surface area contributed by atoms with Crippen LogP contribution in [-0.4, -0.2) is 23.5 Å². The molecular weight excluding hydrogens is 200 g/mol. The fraction of sp³-hybridized carbons (Fsp3) is 0.462. The number of fused-ring (bicyclic) bond motifs is 1. The molecule has 86 valence electrons. The minimum atomic E-state index is 0.784. The topological polar surface area (TPSA) is 27.1 Å². The van der Waals surface area contributed by atoms with Crippen LogP contribution in [0.25, 0.3) is 10.9 Å². The van der Waals surface area contributed by atoms with Crippen LogP contribution in [0.1, 0.15) is 17.5 Å². The molecule has 2 rings (SSSR count). The Labute approximate surface area is 96.0 Å². The van der Waals surface area contributed by atoms with Gasteiger partial charge in [-0.25, -0.2) is 0 Å². The van der Waals surface area contributed by atoms with Gasteiger partial charge in [0, 0.05) is 25.6 Å². The first-order valence-corrected chi connectivity index (χ1v) is 5.64. The van der Waals surface area contributed by atoms with Crippen molar-refractivity contribution in [2.45, 2.75) is 26.8 Å². The second-order valence-electron chi connectivity index (χ2n) is 4.23. The van der Waals surface area contributed by atoms with Gasteiger partial charge in [0.2, 0.25) is 0 Å². The monoisotopic (exact) mass is 218 g/mol. The van der Waals surface area contributed by atoms with Crippen LogP contribution >= 0.6 is 0 Å². The molecule has 0 radical (unpaired) electrons. The molecule has 0 fully saturated rings. The fourth-order valence-corrected chi connectivity index (χ4v) is 2.06. The largest absolute Gasteiger partial charge is 0.385 e. The van der Waals surface area contributed by atoms with Crippen molar-refractivity contribution in [3.8, 4) is 0 Å². The average molecular weight is 218 g/mol. The lowest BCUT2D eigenvalue weighted by molar-refractivity contribution is 0.189. The van der Waals surface area contributed by atoms with E-state index in [0.29, 0.717) is 0 Å². The molecule has 1 aromatic carbocycles. The van der Waals surface area contributed by atoms with Gasteiger partial charge in [-0.05, 0) is 37.5 Å². The highest BCUT2D eigenvalue weighted by molar-refractivity contribution is 5.82. The van der Waals surface area contributed by atoms with Crippen LogP contribution < -0.4 is 0 Å². The number of hydrogen-bond donors (Lipinski definition) is 0. The Hall–Kier alpha value is -1.35. The second kappa shape index (κ2) is 4.66. The Balaban J connectivity index is 2.32. The molecular formula is C13H18N2O. The van der Waals surface area contributed by atoms with Crippen molar-refractivity contribution in [1.29, 1.82) is 0 Å². The van der Waals surface area contributed by atoms with Gasteiger partial charge < -0.3 is 4.74 Å². The molecule has 0 N–H and O–H groups in total. The average Bonchev–Trinajstić information content (AvgIpc) is 2.62. The number of ether oxygens (including phenoxy) is 1. The number of aryl methyl sites for hydroxylation is 3. The Morgan fingerprint density at radius 3 is 2.88 bits per heavy atom. The first-order chi connectivity index (χ1) is 7.72. The van der Waals surface area contributed by atoms with Crippen molar-refractivity contribution in [3.63, 3.8) is 0 Å². The van der Waals surface area contributed by atoms with Crippen LogP contribution in [0.2, 0.25) is 0 Å². The lowest BCUT2D eigenvalue weighted by Crippen LogP contribution is -2.02. The molecule has 2 aromatic rings. The molecule has 16 heavy (non-hydrogen) atoms. The number of benzene rings is 1. The first kappa shape index (κ1) is 11.1. The van der Waals surface area contributed by atoms with Gasteiger partial charge in [0.15, 0.2) is 0 Å². The highest BCUT2D eigenvalue weighted by atomic mass is 16.5. The molecule has 0 bridgehead atoms. The van der Waals surface area contributed by atoms with Crippen molar-refractivity contribution in [3.05, 3.63) is 29.5 Å². The Morgan fingerprint density at radius 2 is 2.12 bits per heavy atom. The van der Waals surface area contributed by atoms with Gasteiger partial charge in [0.05, 0.1) is 11.7 Å². The summed E-state index contributed by atoms with van der Waals surface area (Å²) in [5.41, 5.74) is 3.82. The highest BCUT2D eigenvalue weighted by Gasteiger charge is 2.05. The van der Waals surface area contributed by atoms with Crippen molar-refractivity contribution < 1.29 is 4.74 Å². The van der Waals surface area contributed by atoms with Gasteiger partial charge >= 0.3 is 0 Å². The molecule has 0 aliphatic rings. The summed E-state index contributed by atoms with van der Waals surface area (Å²) < 4.78 is 7.12. The van der Waals surface area contributed by atoms with Crippen molar-refractivity contribution in [1.82, 2.24) is 9.78 Å². The van der Waals surface area contributed by atoms with E-state index in [1.54, 1.807) is 7.11 Å². The predicted octanol–water partition coefficient (Wildman–Crippen LogP) is 2.69. The number of nitrogens with zero attached hydrogens (tertiary/aromatic N) is 2. The zero-order chi connectivity index (χ0) is 11.5. The molecule has 0 unspecified atom stereocenters. The molecule has 0 aliphatic carbocycles. The van der Waals surface area contributed by atoms with Gasteiger partial charge in [0.25, 0.3) is 0 Å². The van der Waals surface area contributed by atoms with Crippen LogP contribution in [-0.2, 0) is 11.3 Å². The predicted molar refractivity (Wildman–Crippen MR) is 65.7 cm³/mol. The summed E-state index contributed by atoms with van der Waals surface area (Å²) in [4.78, 5) is 0.